The maximum absolute atomic E-state index is 5.08. The molecule has 0 amide bonds. The highest BCUT2D eigenvalue weighted by Crippen LogP contribution is 2.04. The molecule has 7 heavy (non-hydrogen) atoms. The minimum Gasteiger partial charge on any atom is -0.351 e. The highest BCUT2D eigenvalue weighted by molar-refractivity contribution is 6.08. The van der Waals surface area contributed by atoms with E-state index in [4.69, 9.17) is 9.47 Å². The summed E-state index contributed by atoms with van der Waals surface area (Å²) >= 11 is 0. The molecule has 0 saturated carbocycles. The fraction of sp³-hybridized carbons (Fsp3) is 1.00. The fourth-order valence-corrected chi connectivity index (χ4v) is 0.643. The van der Waals surface area contributed by atoms with Gasteiger partial charge in [-0.15, -0.1) is 0 Å². The second-order valence-electron chi connectivity index (χ2n) is 1.58. The van der Waals surface area contributed by atoms with Gasteiger partial charge in [0.25, 0.3) is 0 Å². The van der Waals surface area contributed by atoms with Crippen molar-refractivity contribution in [2.75, 3.05) is 13.2 Å². The molecule has 0 radical (unpaired) electrons. The van der Waals surface area contributed by atoms with E-state index in [1.165, 1.54) is 0 Å². The third-order valence-electron chi connectivity index (χ3n) is 1.02. The van der Waals surface area contributed by atoms with Crippen LogP contribution in [0.5, 0.6) is 0 Å². The van der Waals surface area contributed by atoms with Gasteiger partial charge in [0, 0.05) is 0 Å². The second kappa shape index (κ2) is 2.33. The summed E-state index contributed by atoms with van der Waals surface area (Å²) in [7, 11) is 2.05. The van der Waals surface area contributed by atoms with Crippen LogP contribution in [0.25, 0.3) is 0 Å². The van der Waals surface area contributed by atoms with E-state index in [2.05, 4.69) is 7.85 Å². The molecule has 0 atom stereocenters. The maximum atomic E-state index is 5.08. The van der Waals surface area contributed by atoms with Crippen LogP contribution in [0.3, 0.4) is 0 Å². The highest BCUT2D eigenvalue weighted by atomic mass is 16.7. The number of hydrogen-bond acceptors (Lipinski definition) is 2. The van der Waals surface area contributed by atoms with Gasteiger partial charge >= 0.3 is 0 Å². The molecule has 0 bridgehead atoms. The van der Waals surface area contributed by atoms with Gasteiger partial charge in [-0.25, -0.2) is 0 Å². The summed E-state index contributed by atoms with van der Waals surface area (Å²) in [5.41, 5.74) is 0. The lowest BCUT2D eigenvalue weighted by Gasteiger charge is -2.01. The van der Waals surface area contributed by atoms with E-state index in [0.29, 0.717) is 0 Å². The molecule has 2 nitrogen and oxygen atoms in total. The molecule has 1 aliphatic rings. The van der Waals surface area contributed by atoms with E-state index >= 15 is 0 Å². The minimum absolute atomic E-state index is 0.0972. The minimum atomic E-state index is 0.0972. The topological polar surface area (TPSA) is 18.5 Å². The van der Waals surface area contributed by atoms with Crippen molar-refractivity contribution in [1.82, 2.24) is 0 Å². The van der Waals surface area contributed by atoms with Crippen molar-refractivity contribution < 1.29 is 9.47 Å². The third-order valence-corrected chi connectivity index (χ3v) is 1.02. The van der Waals surface area contributed by atoms with Crippen molar-refractivity contribution in [1.29, 1.82) is 0 Å². The average molecular weight is 99.9 g/mol. The van der Waals surface area contributed by atoms with Gasteiger partial charge in [0.2, 0.25) is 0 Å². The SMILES string of the molecule is BCC1OCCO1. The molecule has 1 aliphatic heterocycles. The van der Waals surface area contributed by atoms with Gasteiger partial charge in [0.15, 0.2) is 6.29 Å². The Balaban J connectivity index is 2.14. The Bertz CT molecular complexity index is 51.7. The summed E-state index contributed by atoms with van der Waals surface area (Å²) in [6.45, 7) is 1.55. The first-order valence-electron chi connectivity index (χ1n) is 2.66. The van der Waals surface area contributed by atoms with Crippen LogP contribution in [0, 0.1) is 0 Å². The average Bonchev–Trinajstić information content (AvgIpc) is 2.14. The van der Waals surface area contributed by atoms with Gasteiger partial charge < -0.3 is 9.47 Å². The van der Waals surface area contributed by atoms with E-state index in [9.17, 15) is 0 Å². The lowest BCUT2D eigenvalue weighted by atomic mass is 10.1. The fourth-order valence-electron chi connectivity index (χ4n) is 0.643. The van der Waals surface area contributed by atoms with Crippen molar-refractivity contribution >= 4 is 7.85 Å². The van der Waals surface area contributed by atoms with Crippen LogP contribution in [0.4, 0.5) is 0 Å². The Kier molecular flexibility index (Phi) is 1.71. The van der Waals surface area contributed by atoms with Gasteiger partial charge in [-0.2, -0.15) is 0 Å². The summed E-state index contributed by atoms with van der Waals surface area (Å²) in [5.74, 6) is 0. The Labute approximate surface area is 44.2 Å². The molecule has 1 rings (SSSR count). The predicted molar refractivity (Wildman–Crippen MR) is 29.0 cm³/mol. The van der Waals surface area contributed by atoms with E-state index in [1.807, 2.05) is 0 Å². The van der Waals surface area contributed by atoms with Gasteiger partial charge in [-0.05, 0) is 6.32 Å². The van der Waals surface area contributed by atoms with Crippen molar-refractivity contribution in [3.63, 3.8) is 0 Å². The Hall–Kier alpha value is -0.0151. The molecule has 1 saturated heterocycles. The lowest BCUT2D eigenvalue weighted by Crippen LogP contribution is -2.04. The molecule has 0 aromatic heterocycles. The largest absolute Gasteiger partial charge is 0.351 e. The molecule has 0 aromatic rings. The second-order valence-corrected chi connectivity index (χ2v) is 1.58. The smallest absolute Gasteiger partial charge is 0.150 e. The van der Waals surface area contributed by atoms with Crippen molar-refractivity contribution in [3.05, 3.63) is 0 Å². The molecule has 0 unspecified atom stereocenters. The van der Waals surface area contributed by atoms with Crippen LogP contribution in [-0.2, 0) is 9.47 Å². The van der Waals surface area contributed by atoms with Crippen LogP contribution in [0.15, 0.2) is 0 Å². The molecule has 0 aromatic carbocycles. The van der Waals surface area contributed by atoms with Crippen LogP contribution in [0.1, 0.15) is 0 Å². The molecule has 3 heteroatoms. The van der Waals surface area contributed by atoms with Gasteiger partial charge in [-0.1, -0.05) is 0 Å². The Morgan fingerprint density at radius 3 is 2.29 bits per heavy atom. The van der Waals surface area contributed by atoms with Gasteiger partial charge in [0.05, 0.1) is 13.2 Å². The van der Waals surface area contributed by atoms with Crippen LogP contribution in [0.2, 0.25) is 6.32 Å². The summed E-state index contributed by atoms with van der Waals surface area (Å²) in [6.07, 6.45) is 1.07. The van der Waals surface area contributed by atoms with Crippen molar-refractivity contribution in [2.24, 2.45) is 0 Å². The molecule has 1 heterocycles. The van der Waals surface area contributed by atoms with Gasteiger partial charge in [-0.3, -0.25) is 0 Å². The summed E-state index contributed by atoms with van der Waals surface area (Å²) in [5, 5.41) is 0. The first-order valence-corrected chi connectivity index (χ1v) is 2.66. The summed E-state index contributed by atoms with van der Waals surface area (Å²) < 4.78 is 10.2. The molecular formula is C4H9BO2. The normalized spacial score (nSPS) is 23.4. The Morgan fingerprint density at radius 1 is 1.43 bits per heavy atom. The van der Waals surface area contributed by atoms with Gasteiger partial charge in [0.1, 0.15) is 7.85 Å². The molecule has 0 N–H and O–H groups in total. The zero-order chi connectivity index (χ0) is 5.11. The number of rotatable bonds is 1. The van der Waals surface area contributed by atoms with E-state index < -0.39 is 0 Å². The van der Waals surface area contributed by atoms with Crippen molar-refractivity contribution in [2.45, 2.75) is 12.6 Å². The zero-order valence-electron chi connectivity index (χ0n) is 4.52. The van der Waals surface area contributed by atoms with E-state index in [1.54, 1.807) is 0 Å². The van der Waals surface area contributed by atoms with Crippen LogP contribution in [-0.4, -0.2) is 27.4 Å². The number of ether oxygens (including phenoxy) is 2. The van der Waals surface area contributed by atoms with E-state index in [-0.39, 0.29) is 6.29 Å². The van der Waals surface area contributed by atoms with Crippen LogP contribution < -0.4 is 0 Å². The first-order chi connectivity index (χ1) is 3.43. The maximum Gasteiger partial charge on any atom is 0.150 e. The first kappa shape index (κ1) is 5.13. The zero-order valence-corrected chi connectivity index (χ0v) is 4.52. The standard InChI is InChI=1S/C4H9BO2/c5-3-4-6-1-2-7-4/h4H,1-3,5H2. The third kappa shape index (κ3) is 1.18. The molecule has 0 aliphatic carbocycles. The summed E-state index contributed by atoms with van der Waals surface area (Å²) in [6, 6.07) is 0. The summed E-state index contributed by atoms with van der Waals surface area (Å²) in [4.78, 5) is 0. The predicted octanol–water partition coefficient (Wildman–Crippen LogP) is -0.589. The molecule has 40 valence electrons. The quantitative estimate of drug-likeness (QED) is 0.410. The Morgan fingerprint density at radius 2 is 2.00 bits per heavy atom. The van der Waals surface area contributed by atoms with Crippen LogP contribution >= 0.6 is 0 Å². The van der Waals surface area contributed by atoms with Crippen molar-refractivity contribution in [3.8, 4) is 0 Å². The monoisotopic (exact) mass is 100 g/mol. The number of hydrogen-bond donors (Lipinski definition) is 0. The lowest BCUT2D eigenvalue weighted by molar-refractivity contribution is -0.0248. The molecule has 0 spiro atoms. The molecule has 1 fully saturated rings. The highest BCUT2D eigenvalue weighted by Gasteiger charge is 2.11. The van der Waals surface area contributed by atoms with E-state index in [0.717, 1.165) is 19.5 Å². The molecular weight excluding hydrogens is 90.9 g/mol.